The van der Waals surface area contributed by atoms with Gasteiger partial charge in [-0.1, -0.05) is 72.3 Å². The zero-order valence-corrected chi connectivity index (χ0v) is 21.6. The first-order valence-electron chi connectivity index (χ1n) is 11.3. The number of aromatic nitrogens is 2. The second-order valence-electron chi connectivity index (χ2n) is 8.04. The van der Waals surface area contributed by atoms with Crippen LogP contribution in [0.15, 0.2) is 105 Å². The van der Waals surface area contributed by atoms with Gasteiger partial charge in [0.1, 0.15) is 12.4 Å². The number of nitriles is 1. The quantitative estimate of drug-likeness (QED) is 0.210. The van der Waals surface area contributed by atoms with E-state index < -0.39 is 0 Å². The van der Waals surface area contributed by atoms with Crippen LogP contribution >= 0.6 is 27.5 Å². The zero-order chi connectivity index (χ0) is 25.8. The number of para-hydroxylation sites is 1. The molecule has 0 fully saturated rings. The van der Waals surface area contributed by atoms with E-state index in [4.69, 9.17) is 21.3 Å². The number of hydrogen-bond acceptors (Lipinski definition) is 5. The van der Waals surface area contributed by atoms with E-state index in [1.807, 2.05) is 48.5 Å². The van der Waals surface area contributed by atoms with E-state index in [0.717, 1.165) is 11.1 Å². The summed E-state index contributed by atoms with van der Waals surface area (Å²) in [4.78, 5) is 18.2. The van der Waals surface area contributed by atoms with E-state index in [0.29, 0.717) is 43.1 Å². The van der Waals surface area contributed by atoms with Crippen molar-refractivity contribution in [3.05, 3.63) is 128 Å². The molecule has 0 aliphatic heterocycles. The molecule has 0 radical (unpaired) electrons. The van der Waals surface area contributed by atoms with E-state index in [-0.39, 0.29) is 12.2 Å². The van der Waals surface area contributed by atoms with Crippen molar-refractivity contribution in [2.75, 3.05) is 0 Å². The molecule has 8 heteroatoms. The highest BCUT2D eigenvalue weighted by Crippen LogP contribution is 2.33. The number of hydrogen-bond donors (Lipinski definition) is 0. The Hall–Kier alpha value is -4.25. The molecule has 0 aliphatic carbocycles. The number of fused-ring (bicyclic) bond motifs is 1. The van der Waals surface area contributed by atoms with Crippen LogP contribution < -0.4 is 10.3 Å². The average molecular weight is 570 g/mol. The van der Waals surface area contributed by atoms with Gasteiger partial charge < -0.3 is 4.74 Å². The van der Waals surface area contributed by atoms with Gasteiger partial charge >= 0.3 is 0 Å². The highest BCUT2D eigenvalue weighted by molar-refractivity contribution is 9.10. The van der Waals surface area contributed by atoms with Crippen LogP contribution in [0.1, 0.15) is 16.7 Å². The molecule has 0 unspecified atom stereocenters. The summed E-state index contributed by atoms with van der Waals surface area (Å²) in [6.45, 7) is 0.164. The zero-order valence-electron chi connectivity index (χ0n) is 19.3. The summed E-state index contributed by atoms with van der Waals surface area (Å²) >= 11 is 9.85. The normalized spacial score (nSPS) is 11.1. The van der Waals surface area contributed by atoms with Crippen molar-refractivity contribution in [2.45, 2.75) is 6.61 Å². The molecule has 0 amide bonds. The van der Waals surface area contributed by atoms with Crippen LogP contribution in [0.4, 0.5) is 0 Å². The molecular formula is C29H18BrClN4O2. The van der Waals surface area contributed by atoms with Gasteiger partial charge in [-0.15, -0.1) is 0 Å². The minimum absolute atomic E-state index is 0.164. The van der Waals surface area contributed by atoms with Gasteiger partial charge in [0.2, 0.25) is 0 Å². The Morgan fingerprint density at radius 3 is 2.57 bits per heavy atom. The molecule has 180 valence electrons. The van der Waals surface area contributed by atoms with E-state index in [9.17, 15) is 10.1 Å². The van der Waals surface area contributed by atoms with E-state index in [1.165, 1.54) is 10.9 Å². The molecule has 5 aromatic rings. The molecule has 37 heavy (non-hydrogen) atoms. The number of rotatable bonds is 6. The smallest absolute Gasteiger partial charge is 0.282 e. The standard InChI is InChI=1S/C29H18BrClN4O2/c30-25-15-23(31)14-22(27(25)37-18-21-11-5-4-10-20(21)16-32)17-33-35-28(19-8-2-1-3-9-19)34-26-13-7-6-12-24(26)29(35)36/h1-15,17H,18H2. The molecular weight excluding hydrogens is 552 g/mol. The van der Waals surface area contributed by atoms with Crippen LogP contribution in [-0.4, -0.2) is 15.9 Å². The lowest BCUT2D eigenvalue weighted by molar-refractivity contribution is 0.303. The first kappa shape index (κ1) is 24.4. The highest BCUT2D eigenvalue weighted by atomic mass is 79.9. The third-order valence-corrected chi connectivity index (χ3v) is 6.45. The van der Waals surface area contributed by atoms with Gasteiger partial charge in [-0.2, -0.15) is 15.0 Å². The van der Waals surface area contributed by atoms with Crippen molar-refractivity contribution in [3.63, 3.8) is 0 Å². The third kappa shape index (κ3) is 5.17. The Bertz CT molecular complexity index is 1740. The summed E-state index contributed by atoms with van der Waals surface area (Å²) in [6, 6.07) is 29.4. The molecule has 6 nitrogen and oxygen atoms in total. The maximum absolute atomic E-state index is 13.5. The maximum Gasteiger partial charge on any atom is 0.282 e. The summed E-state index contributed by atoms with van der Waals surface area (Å²) < 4.78 is 8.00. The minimum Gasteiger partial charge on any atom is -0.487 e. The third-order valence-electron chi connectivity index (χ3n) is 5.65. The molecule has 1 aromatic heterocycles. The van der Waals surface area contributed by atoms with Crippen LogP contribution in [0, 0.1) is 11.3 Å². The summed E-state index contributed by atoms with van der Waals surface area (Å²) in [7, 11) is 0. The molecule has 0 N–H and O–H groups in total. The van der Waals surface area contributed by atoms with Crippen molar-refractivity contribution >= 4 is 44.6 Å². The second kappa shape index (κ2) is 10.8. The van der Waals surface area contributed by atoms with Gasteiger partial charge in [0.05, 0.1) is 33.2 Å². The van der Waals surface area contributed by atoms with Crippen LogP contribution in [0.3, 0.4) is 0 Å². The molecule has 4 aromatic carbocycles. The number of halogens is 2. The number of benzene rings is 4. The maximum atomic E-state index is 13.5. The van der Waals surface area contributed by atoms with Crippen molar-refractivity contribution < 1.29 is 4.74 Å². The first-order chi connectivity index (χ1) is 18.0. The van der Waals surface area contributed by atoms with Crippen molar-refractivity contribution in [2.24, 2.45) is 5.10 Å². The fraction of sp³-hybridized carbons (Fsp3) is 0.0345. The van der Waals surface area contributed by atoms with Crippen LogP contribution in [0.5, 0.6) is 5.75 Å². The van der Waals surface area contributed by atoms with Crippen molar-refractivity contribution in [3.8, 4) is 23.2 Å². The van der Waals surface area contributed by atoms with Crippen molar-refractivity contribution in [1.82, 2.24) is 9.66 Å². The topological polar surface area (TPSA) is 80.3 Å². The van der Waals surface area contributed by atoms with E-state index in [1.54, 1.807) is 42.5 Å². The Morgan fingerprint density at radius 2 is 1.76 bits per heavy atom. The molecule has 0 saturated heterocycles. The molecule has 0 atom stereocenters. The lowest BCUT2D eigenvalue weighted by atomic mass is 10.1. The predicted octanol–water partition coefficient (Wildman–Crippen LogP) is 6.81. The SMILES string of the molecule is N#Cc1ccccc1COc1c(Br)cc(Cl)cc1C=Nn1c(-c2ccccc2)nc2ccccc2c1=O. The van der Waals surface area contributed by atoms with Crippen LogP contribution in [0.25, 0.3) is 22.3 Å². The number of ether oxygens (including phenoxy) is 1. The minimum atomic E-state index is -0.299. The van der Waals surface area contributed by atoms with Gasteiger partial charge in [0.25, 0.3) is 5.56 Å². The Balaban J connectivity index is 1.60. The van der Waals surface area contributed by atoms with Gasteiger partial charge in [0.15, 0.2) is 5.82 Å². The summed E-state index contributed by atoms with van der Waals surface area (Å²) in [5, 5.41) is 14.9. The molecule has 0 aliphatic rings. The molecule has 0 bridgehead atoms. The Labute approximate surface area is 226 Å². The van der Waals surface area contributed by atoms with Crippen LogP contribution in [0.2, 0.25) is 5.02 Å². The summed E-state index contributed by atoms with van der Waals surface area (Å²) in [5.74, 6) is 0.885. The predicted molar refractivity (Wildman–Crippen MR) is 149 cm³/mol. The largest absolute Gasteiger partial charge is 0.487 e. The van der Waals surface area contributed by atoms with Crippen molar-refractivity contribution in [1.29, 1.82) is 5.26 Å². The Kier molecular flexibility index (Phi) is 7.13. The molecule has 0 spiro atoms. The highest BCUT2D eigenvalue weighted by Gasteiger charge is 2.14. The van der Waals surface area contributed by atoms with E-state index >= 15 is 0 Å². The van der Waals surface area contributed by atoms with Gasteiger partial charge in [-0.3, -0.25) is 4.79 Å². The Morgan fingerprint density at radius 1 is 1.03 bits per heavy atom. The van der Waals surface area contributed by atoms with Crippen LogP contribution in [-0.2, 0) is 6.61 Å². The summed E-state index contributed by atoms with van der Waals surface area (Å²) in [6.07, 6.45) is 1.52. The fourth-order valence-electron chi connectivity index (χ4n) is 3.86. The van der Waals surface area contributed by atoms with Gasteiger partial charge in [-0.05, 0) is 46.3 Å². The molecule has 0 saturated carbocycles. The van der Waals surface area contributed by atoms with E-state index in [2.05, 4.69) is 27.1 Å². The monoisotopic (exact) mass is 568 g/mol. The average Bonchev–Trinajstić information content (AvgIpc) is 2.92. The molecule has 1 heterocycles. The first-order valence-corrected chi connectivity index (χ1v) is 12.4. The number of nitrogens with zero attached hydrogens (tertiary/aromatic N) is 4. The lowest BCUT2D eigenvalue weighted by Crippen LogP contribution is -2.20. The second-order valence-corrected chi connectivity index (χ2v) is 9.33. The van der Waals surface area contributed by atoms with Gasteiger partial charge in [-0.25, -0.2) is 4.98 Å². The summed E-state index contributed by atoms with van der Waals surface area (Å²) in [5.41, 5.74) is 2.86. The fourth-order valence-corrected chi connectivity index (χ4v) is 4.81. The molecule has 5 rings (SSSR count). The lowest BCUT2D eigenvalue weighted by Gasteiger charge is -2.13. The van der Waals surface area contributed by atoms with Gasteiger partial charge in [0, 0.05) is 21.7 Å².